The SMILES string of the molecule is Cc1nc(NC2CCCCC2)nc(C2(C)N=CC=N2)c1[N+](=O)[O-]. The lowest BCUT2D eigenvalue weighted by Crippen LogP contribution is -2.26. The molecule has 0 radical (unpaired) electrons. The maximum atomic E-state index is 11.4. The minimum Gasteiger partial charge on any atom is -0.351 e. The number of nitrogens with one attached hydrogen (secondary N) is 1. The first-order valence-corrected chi connectivity index (χ1v) is 7.89. The van der Waals surface area contributed by atoms with Crippen LogP contribution in [0.5, 0.6) is 0 Å². The zero-order chi connectivity index (χ0) is 16.4. The Morgan fingerprint density at radius 2 is 1.87 bits per heavy atom. The maximum absolute atomic E-state index is 11.4. The summed E-state index contributed by atoms with van der Waals surface area (Å²) >= 11 is 0. The molecule has 0 bridgehead atoms. The van der Waals surface area contributed by atoms with Crippen LogP contribution in [-0.2, 0) is 5.66 Å². The summed E-state index contributed by atoms with van der Waals surface area (Å²) < 4.78 is 0. The Morgan fingerprint density at radius 3 is 2.48 bits per heavy atom. The van der Waals surface area contributed by atoms with Gasteiger partial charge in [-0.3, -0.25) is 20.1 Å². The number of aliphatic imine (C=N–C) groups is 2. The molecular formula is C15H20N6O2. The van der Waals surface area contributed by atoms with Crippen LogP contribution in [0.25, 0.3) is 0 Å². The number of hydrogen-bond donors (Lipinski definition) is 1. The van der Waals surface area contributed by atoms with Gasteiger partial charge in [0.2, 0.25) is 5.95 Å². The van der Waals surface area contributed by atoms with Crippen molar-refractivity contribution in [1.29, 1.82) is 0 Å². The standard InChI is InChI=1S/C15H20N6O2/c1-10-12(21(22)23)13(15(2)16-8-9-17-15)20-14(18-10)19-11-6-4-3-5-7-11/h8-9,11H,3-7H2,1-2H3,(H,18,19,20). The summed E-state index contributed by atoms with van der Waals surface area (Å²) in [6.07, 6.45) is 8.84. The van der Waals surface area contributed by atoms with Gasteiger partial charge in [-0.2, -0.15) is 0 Å². The van der Waals surface area contributed by atoms with E-state index in [1.165, 1.54) is 31.7 Å². The second-order valence-electron chi connectivity index (χ2n) is 6.14. The van der Waals surface area contributed by atoms with E-state index in [1.54, 1.807) is 13.8 Å². The molecular weight excluding hydrogens is 296 g/mol. The largest absolute Gasteiger partial charge is 0.351 e. The van der Waals surface area contributed by atoms with E-state index in [-0.39, 0.29) is 11.4 Å². The number of nitrogens with zero attached hydrogens (tertiary/aromatic N) is 5. The molecule has 0 saturated heterocycles. The van der Waals surface area contributed by atoms with Crippen molar-refractivity contribution in [3.63, 3.8) is 0 Å². The number of nitro groups is 1. The molecule has 2 aliphatic rings. The molecule has 1 aliphatic carbocycles. The molecule has 1 saturated carbocycles. The minimum absolute atomic E-state index is 0.113. The number of aromatic nitrogens is 2. The number of anilines is 1. The van der Waals surface area contributed by atoms with Crippen molar-refractivity contribution in [3.8, 4) is 0 Å². The molecule has 1 N–H and O–H groups in total. The van der Waals surface area contributed by atoms with Crippen LogP contribution in [0.1, 0.15) is 50.4 Å². The molecule has 122 valence electrons. The quantitative estimate of drug-likeness (QED) is 0.679. The predicted molar refractivity (Wildman–Crippen MR) is 88.3 cm³/mol. The van der Waals surface area contributed by atoms with Crippen molar-refractivity contribution < 1.29 is 4.92 Å². The van der Waals surface area contributed by atoms with Gasteiger partial charge < -0.3 is 5.32 Å². The van der Waals surface area contributed by atoms with E-state index in [4.69, 9.17) is 0 Å². The van der Waals surface area contributed by atoms with Gasteiger partial charge in [0.15, 0.2) is 11.4 Å². The van der Waals surface area contributed by atoms with E-state index in [9.17, 15) is 10.1 Å². The van der Waals surface area contributed by atoms with Crippen molar-refractivity contribution in [2.24, 2.45) is 9.98 Å². The molecule has 0 amide bonds. The summed E-state index contributed by atoms with van der Waals surface area (Å²) in [6, 6.07) is 0.320. The van der Waals surface area contributed by atoms with Crippen molar-refractivity contribution in [2.45, 2.75) is 57.7 Å². The van der Waals surface area contributed by atoms with Gasteiger partial charge in [-0.25, -0.2) is 9.97 Å². The fraction of sp³-hybridized carbons (Fsp3) is 0.600. The van der Waals surface area contributed by atoms with Gasteiger partial charge in [-0.05, 0) is 26.7 Å². The van der Waals surface area contributed by atoms with Crippen LogP contribution < -0.4 is 5.32 Å². The van der Waals surface area contributed by atoms with Crippen LogP contribution in [0.4, 0.5) is 11.6 Å². The smallest absolute Gasteiger partial charge is 0.316 e. The summed E-state index contributed by atoms with van der Waals surface area (Å²) in [7, 11) is 0. The molecule has 8 nitrogen and oxygen atoms in total. The molecule has 0 spiro atoms. The second kappa shape index (κ2) is 6.02. The van der Waals surface area contributed by atoms with Gasteiger partial charge in [0, 0.05) is 18.5 Å². The van der Waals surface area contributed by atoms with E-state index in [0.717, 1.165) is 12.8 Å². The molecule has 1 aromatic rings. The van der Waals surface area contributed by atoms with Gasteiger partial charge in [0.1, 0.15) is 5.69 Å². The van der Waals surface area contributed by atoms with Gasteiger partial charge in [0.25, 0.3) is 0 Å². The van der Waals surface area contributed by atoms with Crippen LogP contribution in [0.2, 0.25) is 0 Å². The Bertz CT molecular complexity index is 667. The van der Waals surface area contributed by atoms with Gasteiger partial charge in [-0.1, -0.05) is 19.3 Å². The normalized spacial score (nSPS) is 19.9. The Kier molecular flexibility index (Phi) is 4.06. The molecule has 2 heterocycles. The lowest BCUT2D eigenvalue weighted by Gasteiger charge is -2.24. The Labute approximate surface area is 134 Å². The third kappa shape index (κ3) is 3.06. The van der Waals surface area contributed by atoms with Gasteiger partial charge in [0.05, 0.1) is 4.92 Å². The first kappa shape index (κ1) is 15.5. The van der Waals surface area contributed by atoms with E-state index < -0.39 is 10.6 Å². The van der Waals surface area contributed by atoms with Crippen LogP contribution >= 0.6 is 0 Å². The summed E-state index contributed by atoms with van der Waals surface area (Å²) in [5.41, 5.74) is -0.605. The minimum atomic E-state index is -1.06. The highest BCUT2D eigenvalue weighted by Crippen LogP contribution is 2.36. The summed E-state index contributed by atoms with van der Waals surface area (Å²) in [4.78, 5) is 28.2. The van der Waals surface area contributed by atoms with Crippen molar-refractivity contribution in [2.75, 3.05) is 5.32 Å². The zero-order valence-electron chi connectivity index (χ0n) is 13.3. The van der Waals surface area contributed by atoms with E-state index in [1.807, 2.05) is 0 Å². The molecule has 0 atom stereocenters. The fourth-order valence-electron chi connectivity index (χ4n) is 3.12. The average molecular weight is 316 g/mol. The highest BCUT2D eigenvalue weighted by atomic mass is 16.6. The number of rotatable bonds is 4. The van der Waals surface area contributed by atoms with E-state index in [2.05, 4.69) is 25.3 Å². The Balaban J connectivity index is 1.99. The molecule has 1 aromatic heterocycles. The molecule has 3 rings (SSSR count). The first-order valence-electron chi connectivity index (χ1n) is 7.89. The third-order valence-corrected chi connectivity index (χ3v) is 4.35. The zero-order valence-corrected chi connectivity index (χ0v) is 13.3. The fourth-order valence-corrected chi connectivity index (χ4v) is 3.12. The van der Waals surface area contributed by atoms with E-state index >= 15 is 0 Å². The predicted octanol–water partition coefficient (Wildman–Crippen LogP) is 2.77. The van der Waals surface area contributed by atoms with Gasteiger partial charge >= 0.3 is 5.69 Å². The molecule has 23 heavy (non-hydrogen) atoms. The second-order valence-corrected chi connectivity index (χ2v) is 6.14. The highest BCUT2D eigenvalue weighted by Gasteiger charge is 2.38. The molecule has 8 heteroatoms. The molecule has 0 aromatic carbocycles. The Morgan fingerprint density at radius 1 is 1.22 bits per heavy atom. The van der Waals surface area contributed by atoms with Crippen LogP contribution in [-0.4, -0.2) is 33.4 Å². The monoisotopic (exact) mass is 316 g/mol. The molecule has 0 unspecified atom stereocenters. The van der Waals surface area contributed by atoms with Crippen LogP contribution in [0.15, 0.2) is 9.98 Å². The number of aryl methyl sites for hydroxylation is 1. The van der Waals surface area contributed by atoms with Crippen molar-refractivity contribution >= 4 is 24.1 Å². The topological polar surface area (TPSA) is 106 Å². The average Bonchev–Trinajstić information content (AvgIpc) is 2.95. The van der Waals surface area contributed by atoms with Crippen LogP contribution in [0.3, 0.4) is 0 Å². The lowest BCUT2D eigenvalue weighted by molar-refractivity contribution is -0.387. The Hall–Kier alpha value is -2.38. The van der Waals surface area contributed by atoms with Gasteiger partial charge in [-0.15, -0.1) is 0 Å². The first-order chi connectivity index (χ1) is 11.0. The van der Waals surface area contributed by atoms with E-state index in [0.29, 0.717) is 17.7 Å². The summed E-state index contributed by atoms with van der Waals surface area (Å²) in [5, 5.41) is 14.8. The highest BCUT2D eigenvalue weighted by molar-refractivity contribution is 6.17. The van der Waals surface area contributed by atoms with Crippen molar-refractivity contribution in [1.82, 2.24) is 9.97 Å². The molecule has 1 fully saturated rings. The maximum Gasteiger partial charge on any atom is 0.316 e. The van der Waals surface area contributed by atoms with Crippen LogP contribution in [0, 0.1) is 17.0 Å². The summed E-state index contributed by atoms with van der Waals surface area (Å²) in [6.45, 7) is 3.34. The third-order valence-electron chi connectivity index (χ3n) is 4.35. The number of hydrogen-bond acceptors (Lipinski definition) is 7. The van der Waals surface area contributed by atoms with Crippen molar-refractivity contribution in [3.05, 3.63) is 21.5 Å². The lowest BCUT2D eigenvalue weighted by atomic mass is 9.96. The summed E-state index contributed by atoms with van der Waals surface area (Å²) in [5.74, 6) is 0.425. The molecule has 1 aliphatic heterocycles.